The number of carbonyl (C=O) groups excluding carboxylic acids is 2. The lowest BCUT2D eigenvalue weighted by atomic mass is 9.92. The summed E-state index contributed by atoms with van der Waals surface area (Å²) in [4.78, 5) is 30.5. The number of rotatable bonds is 8. The molecule has 7 heteroatoms. The molecule has 0 saturated heterocycles. The van der Waals surface area contributed by atoms with Gasteiger partial charge in [0, 0.05) is 31.7 Å². The lowest BCUT2D eigenvalue weighted by Gasteiger charge is -2.37. The first-order chi connectivity index (χ1) is 17.0. The molecule has 0 aliphatic carbocycles. The van der Waals surface area contributed by atoms with Gasteiger partial charge in [0.05, 0.1) is 0 Å². The van der Waals surface area contributed by atoms with Crippen LogP contribution in [-0.4, -0.2) is 59.1 Å². The van der Waals surface area contributed by atoms with Gasteiger partial charge in [-0.15, -0.1) is 0 Å². The molecule has 0 unspecified atom stereocenters. The van der Waals surface area contributed by atoms with Crippen molar-refractivity contribution < 1.29 is 19.1 Å². The number of nitrogens with zero attached hydrogens (tertiary/aromatic N) is 2. The Bertz CT molecular complexity index is 1020. The van der Waals surface area contributed by atoms with Crippen molar-refractivity contribution in [2.45, 2.75) is 78.6 Å². The van der Waals surface area contributed by atoms with Crippen molar-refractivity contribution in [3.05, 3.63) is 59.7 Å². The molecule has 3 rings (SSSR count). The fraction of sp³-hybridized carbons (Fsp3) is 0.517. The third-order valence-electron chi connectivity index (χ3n) is 6.19. The second kappa shape index (κ2) is 11.8. The minimum Gasteiger partial charge on any atom is -0.457 e. The summed E-state index contributed by atoms with van der Waals surface area (Å²) >= 11 is 0. The molecule has 1 atom stereocenters. The van der Waals surface area contributed by atoms with E-state index in [0.717, 1.165) is 23.4 Å². The minimum absolute atomic E-state index is 0.203. The summed E-state index contributed by atoms with van der Waals surface area (Å²) in [6, 6.07) is 15.3. The van der Waals surface area contributed by atoms with Gasteiger partial charge in [0.1, 0.15) is 23.1 Å². The third-order valence-corrected chi connectivity index (χ3v) is 6.19. The number of ether oxygens (including phenoxy) is 2. The highest BCUT2D eigenvalue weighted by Gasteiger charge is 2.38. The molecule has 1 aliphatic heterocycles. The van der Waals surface area contributed by atoms with Crippen LogP contribution in [0.15, 0.2) is 48.5 Å². The summed E-state index contributed by atoms with van der Waals surface area (Å²) in [5.74, 6) is 1.25. The molecule has 0 radical (unpaired) electrons. The zero-order valence-corrected chi connectivity index (χ0v) is 22.7. The van der Waals surface area contributed by atoms with Crippen molar-refractivity contribution in [3.8, 4) is 11.5 Å². The average Bonchev–Trinajstić information content (AvgIpc) is 2.79. The standard InChI is InChI=1S/C29H41N3O4/c1-20(2)31(21(3)4)18-16-30-27(33)26-25-14-13-24(35-23-11-9-8-10-12-23)19-22(25)15-17-32(26)28(34)36-29(5,6)7/h8-14,19-21,26H,15-18H2,1-7H3,(H,30,33)/t26-/m1/s1. The maximum absolute atomic E-state index is 13.5. The molecule has 0 bridgehead atoms. The molecule has 2 aromatic rings. The zero-order chi connectivity index (χ0) is 26.5. The molecule has 2 aromatic carbocycles. The summed E-state index contributed by atoms with van der Waals surface area (Å²) in [6.07, 6.45) is 0.127. The van der Waals surface area contributed by atoms with Gasteiger partial charge in [-0.2, -0.15) is 0 Å². The van der Waals surface area contributed by atoms with Crippen LogP contribution in [0.2, 0.25) is 0 Å². The van der Waals surface area contributed by atoms with E-state index in [0.29, 0.717) is 37.3 Å². The van der Waals surface area contributed by atoms with Crippen LogP contribution in [0, 0.1) is 0 Å². The summed E-state index contributed by atoms with van der Waals surface area (Å²) in [5, 5.41) is 3.07. The van der Waals surface area contributed by atoms with Gasteiger partial charge in [0.2, 0.25) is 5.91 Å². The summed E-state index contributed by atoms with van der Waals surface area (Å²) in [5.41, 5.74) is 1.14. The predicted molar refractivity (Wildman–Crippen MR) is 142 cm³/mol. The van der Waals surface area contributed by atoms with Gasteiger partial charge < -0.3 is 14.8 Å². The van der Waals surface area contributed by atoms with Gasteiger partial charge in [-0.1, -0.05) is 24.3 Å². The molecule has 0 aromatic heterocycles. The second-order valence-electron chi connectivity index (χ2n) is 10.8. The number of hydrogen-bond acceptors (Lipinski definition) is 5. The smallest absolute Gasteiger partial charge is 0.411 e. The van der Waals surface area contributed by atoms with Crippen LogP contribution in [0.1, 0.15) is 65.6 Å². The van der Waals surface area contributed by atoms with Crippen molar-refractivity contribution in [1.82, 2.24) is 15.1 Å². The first-order valence-corrected chi connectivity index (χ1v) is 12.8. The Balaban J connectivity index is 1.83. The molecule has 196 valence electrons. The largest absolute Gasteiger partial charge is 0.457 e. The number of nitrogens with one attached hydrogen (secondary N) is 1. The summed E-state index contributed by atoms with van der Waals surface area (Å²) in [6.45, 7) is 15.7. The van der Waals surface area contributed by atoms with Gasteiger partial charge in [0.15, 0.2) is 0 Å². The fourth-order valence-electron chi connectivity index (χ4n) is 4.61. The maximum atomic E-state index is 13.5. The van der Waals surface area contributed by atoms with Gasteiger partial charge in [-0.05, 0) is 90.3 Å². The van der Waals surface area contributed by atoms with Crippen LogP contribution in [0.5, 0.6) is 11.5 Å². The zero-order valence-electron chi connectivity index (χ0n) is 22.7. The monoisotopic (exact) mass is 495 g/mol. The number of amides is 2. The maximum Gasteiger partial charge on any atom is 0.411 e. The van der Waals surface area contributed by atoms with Crippen LogP contribution < -0.4 is 10.1 Å². The molecule has 7 nitrogen and oxygen atoms in total. The Hall–Kier alpha value is -3.06. The van der Waals surface area contributed by atoms with Crippen molar-refractivity contribution in [3.63, 3.8) is 0 Å². The highest BCUT2D eigenvalue weighted by Crippen LogP contribution is 2.34. The van der Waals surface area contributed by atoms with E-state index in [1.807, 2.05) is 69.3 Å². The highest BCUT2D eigenvalue weighted by molar-refractivity contribution is 5.88. The SMILES string of the molecule is CC(C)N(CCNC(=O)[C@H]1c2ccc(Oc3ccccc3)cc2CCN1C(=O)OC(C)(C)C)C(C)C. The number of carbonyl (C=O) groups is 2. The molecule has 1 aliphatic rings. The van der Waals surface area contributed by atoms with Crippen molar-refractivity contribution in [1.29, 1.82) is 0 Å². The third kappa shape index (κ3) is 7.23. The molecule has 0 fully saturated rings. The lowest BCUT2D eigenvalue weighted by Crippen LogP contribution is -2.50. The lowest BCUT2D eigenvalue weighted by molar-refractivity contribution is -0.127. The Kier molecular flexibility index (Phi) is 9.01. The number of hydrogen-bond donors (Lipinski definition) is 1. The Morgan fingerprint density at radius 1 is 1.03 bits per heavy atom. The van der Waals surface area contributed by atoms with Crippen molar-refractivity contribution in [2.24, 2.45) is 0 Å². The molecule has 36 heavy (non-hydrogen) atoms. The van der Waals surface area contributed by atoms with Crippen LogP contribution in [-0.2, 0) is 16.0 Å². The van der Waals surface area contributed by atoms with Crippen molar-refractivity contribution >= 4 is 12.0 Å². The molecular formula is C29H41N3O4. The van der Waals surface area contributed by atoms with E-state index in [-0.39, 0.29) is 5.91 Å². The summed E-state index contributed by atoms with van der Waals surface area (Å²) in [7, 11) is 0. The molecule has 0 saturated carbocycles. The van der Waals surface area contributed by atoms with E-state index < -0.39 is 17.7 Å². The van der Waals surface area contributed by atoms with E-state index in [1.54, 1.807) is 4.90 Å². The van der Waals surface area contributed by atoms with E-state index in [1.165, 1.54) is 0 Å². The first-order valence-electron chi connectivity index (χ1n) is 12.8. The van der Waals surface area contributed by atoms with E-state index >= 15 is 0 Å². The second-order valence-corrected chi connectivity index (χ2v) is 10.8. The van der Waals surface area contributed by atoms with E-state index in [2.05, 4.69) is 37.9 Å². The number of para-hydroxylation sites is 1. The molecule has 2 amide bonds. The number of fused-ring (bicyclic) bond motifs is 1. The van der Waals surface area contributed by atoms with Gasteiger partial charge in [-0.3, -0.25) is 14.6 Å². The van der Waals surface area contributed by atoms with Gasteiger partial charge >= 0.3 is 6.09 Å². The Morgan fingerprint density at radius 3 is 2.31 bits per heavy atom. The fourth-order valence-corrected chi connectivity index (χ4v) is 4.61. The molecule has 0 spiro atoms. The number of benzene rings is 2. The van der Waals surface area contributed by atoms with Crippen LogP contribution in [0.3, 0.4) is 0 Å². The first kappa shape index (κ1) is 27.5. The average molecular weight is 496 g/mol. The topological polar surface area (TPSA) is 71.1 Å². The Labute approximate surface area is 215 Å². The molecular weight excluding hydrogens is 454 g/mol. The van der Waals surface area contributed by atoms with Gasteiger partial charge in [-0.25, -0.2) is 4.79 Å². The highest BCUT2D eigenvalue weighted by atomic mass is 16.6. The van der Waals surface area contributed by atoms with Crippen LogP contribution in [0.4, 0.5) is 4.79 Å². The minimum atomic E-state index is -0.763. The molecule has 1 heterocycles. The Morgan fingerprint density at radius 2 is 1.69 bits per heavy atom. The van der Waals surface area contributed by atoms with Crippen LogP contribution >= 0.6 is 0 Å². The van der Waals surface area contributed by atoms with E-state index in [9.17, 15) is 9.59 Å². The van der Waals surface area contributed by atoms with Crippen molar-refractivity contribution in [2.75, 3.05) is 19.6 Å². The van der Waals surface area contributed by atoms with E-state index in [4.69, 9.17) is 9.47 Å². The quantitative estimate of drug-likeness (QED) is 0.520. The molecule has 1 N–H and O–H groups in total. The normalized spacial score (nSPS) is 15.7. The summed E-state index contributed by atoms with van der Waals surface area (Å²) < 4.78 is 11.7. The van der Waals surface area contributed by atoms with Crippen LogP contribution in [0.25, 0.3) is 0 Å². The van der Waals surface area contributed by atoms with Gasteiger partial charge in [0.25, 0.3) is 0 Å². The predicted octanol–water partition coefficient (Wildman–Crippen LogP) is 5.55.